The Bertz CT molecular complexity index is 1350. The summed E-state index contributed by atoms with van der Waals surface area (Å²) < 4.78 is 46.2. The summed E-state index contributed by atoms with van der Waals surface area (Å²) in [7, 11) is 1.55. The summed E-state index contributed by atoms with van der Waals surface area (Å²) in [6, 6.07) is 8.34. The minimum absolute atomic E-state index is 0.0263. The molecule has 9 heteroatoms. The number of ether oxygens (including phenoxy) is 1. The first-order valence-electron chi connectivity index (χ1n) is 9.23. The molecular formula is C22H17F3N4O2. The van der Waals surface area contributed by atoms with Crippen LogP contribution in [0.4, 0.5) is 13.2 Å². The maximum absolute atomic E-state index is 13.0. The van der Waals surface area contributed by atoms with Crippen LogP contribution in [0.25, 0.3) is 28.7 Å². The molecule has 2 heterocycles. The van der Waals surface area contributed by atoms with Crippen molar-refractivity contribution < 1.29 is 17.9 Å². The quantitative estimate of drug-likeness (QED) is 0.517. The van der Waals surface area contributed by atoms with E-state index in [1.54, 1.807) is 25.6 Å². The van der Waals surface area contributed by atoms with E-state index in [-0.39, 0.29) is 16.7 Å². The van der Waals surface area contributed by atoms with Crippen LogP contribution in [0.5, 0.6) is 5.75 Å². The van der Waals surface area contributed by atoms with Gasteiger partial charge in [-0.15, -0.1) is 0 Å². The maximum Gasteiger partial charge on any atom is 0.416 e. The summed E-state index contributed by atoms with van der Waals surface area (Å²) in [5.74, 6) is 0.749. The van der Waals surface area contributed by atoms with E-state index in [4.69, 9.17) is 4.74 Å². The number of alkyl halides is 3. The summed E-state index contributed by atoms with van der Waals surface area (Å²) in [4.78, 5) is 23.2. The van der Waals surface area contributed by atoms with Gasteiger partial charge in [0.15, 0.2) is 0 Å². The van der Waals surface area contributed by atoms with Crippen LogP contribution in [-0.4, -0.2) is 26.6 Å². The van der Waals surface area contributed by atoms with Crippen LogP contribution in [-0.2, 0) is 6.18 Å². The Labute approximate surface area is 174 Å². The Kier molecular flexibility index (Phi) is 5.10. The molecule has 0 saturated heterocycles. The Morgan fingerprint density at radius 2 is 1.94 bits per heavy atom. The van der Waals surface area contributed by atoms with Gasteiger partial charge in [0.2, 0.25) is 0 Å². The number of methoxy groups -OCH3 is 1. The molecule has 158 valence electrons. The molecule has 0 aliphatic carbocycles. The minimum atomic E-state index is -4.51. The van der Waals surface area contributed by atoms with Crippen molar-refractivity contribution in [3.05, 3.63) is 81.9 Å². The normalized spacial score (nSPS) is 12.0. The molecule has 0 aliphatic rings. The predicted molar refractivity (Wildman–Crippen MR) is 111 cm³/mol. The van der Waals surface area contributed by atoms with Crippen LogP contribution in [0, 0.1) is 6.92 Å². The fourth-order valence-electron chi connectivity index (χ4n) is 3.15. The highest BCUT2D eigenvalue weighted by molar-refractivity contribution is 5.80. The third-order valence-electron chi connectivity index (χ3n) is 4.68. The topological polar surface area (TPSA) is 72.8 Å². The van der Waals surface area contributed by atoms with Gasteiger partial charge in [0.25, 0.3) is 5.56 Å². The average molecular weight is 426 g/mol. The minimum Gasteiger partial charge on any atom is -0.495 e. The van der Waals surface area contributed by atoms with Crippen molar-refractivity contribution in [1.29, 1.82) is 0 Å². The number of fused-ring (bicyclic) bond motifs is 1. The third-order valence-corrected chi connectivity index (χ3v) is 4.68. The molecule has 4 aromatic rings. The third kappa shape index (κ3) is 4.20. The molecule has 31 heavy (non-hydrogen) atoms. The molecule has 0 amide bonds. The molecule has 0 radical (unpaired) electrons. The van der Waals surface area contributed by atoms with Crippen LogP contribution in [0.2, 0.25) is 0 Å². The first kappa shape index (κ1) is 20.4. The van der Waals surface area contributed by atoms with E-state index >= 15 is 0 Å². The summed E-state index contributed by atoms with van der Waals surface area (Å²) in [5, 5.41) is 0.0896. The largest absolute Gasteiger partial charge is 0.495 e. The number of imidazole rings is 1. The molecule has 4 rings (SSSR count). The zero-order valence-electron chi connectivity index (χ0n) is 16.6. The van der Waals surface area contributed by atoms with Gasteiger partial charge in [0.1, 0.15) is 11.6 Å². The van der Waals surface area contributed by atoms with Crippen molar-refractivity contribution in [2.45, 2.75) is 13.1 Å². The molecular weight excluding hydrogens is 409 g/mol. The zero-order valence-corrected chi connectivity index (χ0v) is 16.6. The van der Waals surface area contributed by atoms with E-state index in [9.17, 15) is 18.0 Å². The number of aryl methyl sites for hydroxylation is 1. The monoisotopic (exact) mass is 426 g/mol. The van der Waals surface area contributed by atoms with Crippen molar-refractivity contribution in [3.8, 4) is 11.4 Å². The molecule has 6 nitrogen and oxygen atoms in total. The van der Waals surface area contributed by atoms with Crippen LogP contribution in [0.3, 0.4) is 0 Å². The molecule has 0 saturated carbocycles. The van der Waals surface area contributed by atoms with Gasteiger partial charge in [0, 0.05) is 6.20 Å². The number of benzene rings is 2. The molecule has 0 bridgehead atoms. The highest BCUT2D eigenvalue weighted by Crippen LogP contribution is 2.30. The number of aromatic amines is 1. The number of nitrogens with zero attached hydrogens (tertiary/aromatic N) is 3. The second-order valence-corrected chi connectivity index (χ2v) is 6.87. The molecule has 0 spiro atoms. The number of nitrogens with one attached hydrogen (secondary N) is 1. The van der Waals surface area contributed by atoms with Gasteiger partial charge >= 0.3 is 6.18 Å². The number of hydrogen-bond acceptors (Lipinski definition) is 4. The molecule has 0 aliphatic heterocycles. The van der Waals surface area contributed by atoms with Crippen LogP contribution < -0.4 is 10.3 Å². The van der Waals surface area contributed by atoms with Crippen LogP contribution in [0.15, 0.2) is 53.7 Å². The summed E-state index contributed by atoms with van der Waals surface area (Å²) in [5.41, 5.74) is 1.03. The maximum atomic E-state index is 13.0. The van der Waals surface area contributed by atoms with E-state index in [0.29, 0.717) is 5.75 Å². The number of hydrogen-bond donors (Lipinski definition) is 1. The fraction of sp³-hybridized carbons (Fsp3) is 0.136. The average Bonchev–Trinajstić information content (AvgIpc) is 3.17. The zero-order chi connectivity index (χ0) is 22.2. The van der Waals surface area contributed by atoms with Crippen molar-refractivity contribution in [1.82, 2.24) is 19.5 Å². The van der Waals surface area contributed by atoms with E-state index in [1.165, 1.54) is 6.08 Å². The molecule has 0 unspecified atom stereocenters. The first-order chi connectivity index (χ1) is 14.7. The van der Waals surface area contributed by atoms with Crippen molar-refractivity contribution in [3.63, 3.8) is 0 Å². The van der Waals surface area contributed by atoms with E-state index in [2.05, 4.69) is 15.0 Å². The van der Waals surface area contributed by atoms with Gasteiger partial charge in [-0.1, -0.05) is 12.1 Å². The first-order valence-corrected chi connectivity index (χ1v) is 9.23. The molecule has 2 aromatic heterocycles. The van der Waals surface area contributed by atoms with Crippen molar-refractivity contribution >= 4 is 23.1 Å². The van der Waals surface area contributed by atoms with Gasteiger partial charge in [-0.25, -0.2) is 9.97 Å². The van der Waals surface area contributed by atoms with E-state index < -0.39 is 17.3 Å². The SMILES string of the molecule is COc1cc(/C=C/c2nc3cc(C(F)(F)F)ccc3c(=O)[nH]2)ccc1-n1cnc(C)c1. The lowest BCUT2D eigenvalue weighted by atomic mass is 10.1. The van der Waals surface area contributed by atoms with Gasteiger partial charge in [-0.05, 0) is 48.9 Å². The lowest BCUT2D eigenvalue weighted by Gasteiger charge is -2.10. The fourth-order valence-corrected chi connectivity index (χ4v) is 3.15. The van der Waals surface area contributed by atoms with Gasteiger partial charge in [-0.3, -0.25) is 4.79 Å². The Balaban J connectivity index is 1.68. The highest BCUT2D eigenvalue weighted by atomic mass is 19.4. The van der Waals surface area contributed by atoms with Crippen LogP contribution >= 0.6 is 0 Å². The Morgan fingerprint density at radius 3 is 2.61 bits per heavy atom. The molecule has 0 atom stereocenters. The summed E-state index contributed by atoms with van der Waals surface area (Å²) >= 11 is 0. The van der Waals surface area contributed by atoms with E-state index in [0.717, 1.165) is 35.1 Å². The lowest BCUT2D eigenvalue weighted by molar-refractivity contribution is -0.137. The smallest absolute Gasteiger partial charge is 0.416 e. The summed E-state index contributed by atoms with van der Waals surface area (Å²) in [6.07, 6.45) is 2.24. The lowest BCUT2D eigenvalue weighted by Crippen LogP contribution is -2.11. The Hall–Kier alpha value is -3.88. The number of rotatable bonds is 4. The second kappa shape index (κ2) is 7.75. The Morgan fingerprint density at radius 1 is 1.13 bits per heavy atom. The second-order valence-electron chi connectivity index (χ2n) is 6.87. The van der Waals surface area contributed by atoms with Crippen molar-refractivity contribution in [2.24, 2.45) is 0 Å². The van der Waals surface area contributed by atoms with Gasteiger partial charge < -0.3 is 14.3 Å². The van der Waals surface area contributed by atoms with Gasteiger partial charge in [0.05, 0.1) is 41.3 Å². The number of aromatic nitrogens is 4. The van der Waals surface area contributed by atoms with Crippen LogP contribution in [0.1, 0.15) is 22.6 Å². The molecule has 2 aromatic carbocycles. The van der Waals surface area contributed by atoms with Crippen molar-refractivity contribution in [2.75, 3.05) is 7.11 Å². The van der Waals surface area contributed by atoms with E-state index in [1.807, 2.05) is 29.8 Å². The number of halogens is 3. The molecule has 1 N–H and O–H groups in total. The van der Waals surface area contributed by atoms with Gasteiger partial charge in [-0.2, -0.15) is 13.2 Å². The molecule has 0 fully saturated rings. The summed E-state index contributed by atoms with van der Waals surface area (Å²) in [6.45, 7) is 1.88. The standard InChI is InChI=1S/C22H17F3N4O2/c1-13-11-29(12-26-13)18-7-3-14(9-19(18)31-2)4-8-20-27-17-10-15(22(23,24)25)5-6-16(17)21(30)28-20/h3-12H,1-2H3,(H,27,28,30)/b8-4+. The highest BCUT2D eigenvalue weighted by Gasteiger charge is 2.30. The number of H-pyrrole nitrogens is 1. The predicted octanol–water partition coefficient (Wildman–Crippen LogP) is 4.62.